The highest BCUT2D eigenvalue weighted by Gasteiger charge is 2.33. The second kappa shape index (κ2) is 12.5. The maximum atomic E-state index is 13.7. The average molecular weight is 532 g/mol. The predicted octanol–water partition coefficient (Wildman–Crippen LogP) is 4.58. The van der Waals surface area contributed by atoms with Gasteiger partial charge in [-0.1, -0.05) is 57.9 Å². The van der Waals surface area contributed by atoms with E-state index in [-0.39, 0.29) is 24.4 Å². The van der Waals surface area contributed by atoms with E-state index in [0.717, 1.165) is 41.8 Å². The number of hydrogen-bond donors (Lipinski definition) is 1. The first kappa shape index (κ1) is 28.6. The molecule has 1 aliphatic carbocycles. The topological polar surface area (TPSA) is 86.8 Å². The van der Waals surface area contributed by atoms with Crippen molar-refractivity contribution >= 4 is 27.5 Å². The zero-order chi connectivity index (χ0) is 27.2. The molecule has 3 rings (SSSR count). The van der Waals surface area contributed by atoms with Crippen molar-refractivity contribution in [3.63, 3.8) is 0 Å². The van der Waals surface area contributed by atoms with Gasteiger partial charge in [-0.3, -0.25) is 13.9 Å². The summed E-state index contributed by atoms with van der Waals surface area (Å²) in [4.78, 5) is 28.4. The molecule has 0 heterocycles. The van der Waals surface area contributed by atoms with Gasteiger partial charge in [0.05, 0.1) is 11.9 Å². The third-order valence-corrected chi connectivity index (χ3v) is 8.02. The molecule has 2 aromatic rings. The molecule has 37 heavy (non-hydrogen) atoms. The normalized spacial score (nSPS) is 15.0. The average Bonchev–Trinajstić information content (AvgIpc) is 3.36. The van der Waals surface area contributed by atoms with Crippen molar-refractivity contribution in [2.45, 2.75) is 77.4 Å². The molecule has 202 valence electrons. The van der Waals surface area contributed by atoms with Gasteiger partial charge in [0, 0.05) is 12.6 Å². The van der Waals surface area contributed by atoms with Crippen LogP contribution in [0.15, 0.2) is 48.5 Å². The molecule has 0 spiro atoms. The van der Waals surface area contributed by atoms with Crippen molar-refractivity contribution in [3.8, 4) is 0 Å². The van der Waals surface area contributed by atoms with Gasteiger partial charge in [0.15, 0.2) is 0 Å². The standard InChI is InChI=1S/C28H38FN3O4S/c1-5-26(28(34)30-24-8-6-7-9-24)31(18-21-10-14-23(29)15-11-21)27(33)19-32(37(4,35)36)25-16-12-22(13-17-25)20(2)3/h10-17,20,24,26H,5-9,18-19H2,1-4H3,(H,30,34). The molecule has 0 bridgehead atoms. The first-order chi connectivity index (χ1) is 17.5. The van der Waals surface area contributed by atoms with Gasteiger partial charge in [-0.2, -0.15) is 0 Å². The fourth-order valence-electron chi connectivity index (χ4n) is 4.71. The Hall–Kier alpha value is -2.94. The minimum Gasteiger partial charge on any atom is -0.352 e. The summed E-state index contributed by atoms with van der Waals surface area (Å²) >= 11 is 0. The van der Waals surface area contributed by atoms with Crippen LogP contribution in [0.4, 0.5) is 10.1 Å². The Morgan fingerprint density at radius 1 is 1.03 bits per heavy atom. The SMILES string of the molecule is CCC(C(=O)NC1CCCC1)N(Cc1ccc(F)cc1)C(=O)CN(c1ccc(C(C)C)cc1)S(C)(=O)=O. The van der Waals surface area contributed by atoms with Crippen LogP contribution in [0.5, 0.6) is 0 Å². The third-order valence-electron chi connectivity index (χ3n) is 6.88. The third kappa shape index (κ3) is 7.77. The molecule has 1 aliphatic rings. The summed E-state index contributed by atoms with van der Waals surface area (Å²) in [6.07, 6.45) is 5.33. The molecule has 1 atom stereocenters. The fourth-order valence-corrected chi connectivity index (χ4v) is 5.56. The largest absolute Gasteiger partial charge is 0.352 e. The summed E-state index contributed by atoms with van der Waals surface area (Å²) in [6, 6.07) is 12.1. The summed E-state index contributed by atoms with van der Waals surface area (Å²) in [5, 5.41) is 3.07. The van der Waals surface area contributed by atoms with Crippen LogP contribution in [-0.2, 0) is 26.2 Å². The smallest absolute Gasteiger partial charge is 0.244 e. The fraction of sp³-hybridized carbons (Fsp3) is 0.500. The maximum Gasteiger partial charge on any atom is 0.244 e. The number of nitrogens with zero attached hydrogens (tertiary/aromatic N) is 2. The van der Waals surface area contributed by atoms with Gasteiger partial charge in [0.2, 0.25) is 21.8 Å². The van der Waals surface area contributed by atoms with Crippen LogP contribution in [0.25, 0.3) is 0 Å². The van der Waals surface area contributed by atoms with E-state index in [2.05, 4.69) is 5.32 Å². The molecular formula is C28H38FN3O4S. The molecule has 1 N–H and O–H groups in total. The summed E-state index contributed by atoms with van der Waals surface area (Å²) in [7, 11) is -3.79. The molecule has 7 nitrogen and oxygen atoms in total. The van der Waals surface area contributed by atoms with Crippen LogP contribution in [-0.4, -0.2) is 50.0 Å². The first-order valence-corrected chi connectivity index (χ1v) is 14.8. The quantitative estimate of drug-likeness (QED) is 0.460. The molecule has 0 radical (unpaired) electrons. The van der Waals surface area contributed by atoms with Crippen LogP contribution >= 0.6 is 0 Å². The minimum atomic E-state index is -3.79. The lowest BCUT2D eigenvalue weighted by molar-refractivity contribution is -0.140. The van der Waals surface area contributed by atoms with E-state index >= 15 is 0 Å². The van der Waals surface area contributed by atoms with E-state index in [9.17, 15) is 22.4 Å². The van der Waals surface area contributed by atoms with E-state index in [1.54, 1.807) is 24.3 Å². The Balaban J connectivity index is 1.90. The van der Waals surface area contributed by atoms with Crippen molar-refractivity contribution in [1.82, 2.24) is 10.2 Å². The van der Waals surface area contributed by atoms with Crippen molar-refractivity contribution in [3.05, 3.63) is 65.5 Å². The van der Waals surface area contributed by atoms with Gasteiger partial charge >= 0.3 is 0 Å². The molecule has 1 fully saturated rings. The van der Waals surface area contributed by atoms with E-state index in [4.69, 9.17) is 0 Å². The minimum absolute atomic E-state index is 0.0552. The Morgan fingerprint density at radius 2 is 1.62 bits per heavy atom. The number of anilines is 1. The van der Waals surface area contributed by atoms with Crippen LogP contribution in [0.3, 0.4) is 0 Å². The number of hydrogen-bond acceptors (Lipinski definition) is 4. The van der Waals surface area contributed by atoms with Crippen molar-refractivity contribution in [2.24, 2.45) is 0 Å². The van der Waals surface area contributed by atoms with Gasteiger partial charge in [-0.25, -0.2) is 12.8 Å². The first-order valence-electron chi connectivity index (χ1n) is 12.9. The van der Waals surface area contributed by atoms with E-state index < -0.39 is 34.3 Å². The Labute approximate surface area is 220 Å². The molecule has 1 unspecified atom stereocenters. The molecule has 9 heteroatoms. The number of halogens is 1. The number of benzene rings is 2. The lowest BCUT2D eigenvalue weighted by Crippen LogP contribution is -2.53. The summed E-state index contributed by atoms with van der Waals surface area (Å²) in [6.45, 7) is 5.51. The number of rotatable bonds is 11. The number of carbonyl (C=O) groups excluding carboxylic acids is 2. The Morgan fingerprint density at radius 3 is 2.14 bits per heavy atom. The molecule has 0 aromatic heterocycles. The van der Waals surface area contributed by atoms with Gasteiger partial charge < -0.3 is 10.2 Å². The van der Waals surface area contributed by atoms with Gasteiger partial charge in [0.1, 0.15) is 18.4 Å². The highest BCUT2D eigenvalue weighted by molar-refractivity contribution is 7.92. The van der Waals surface area contributed by atoms with E-state index in [0.29, 0.717) is 17.7 Å². The molecule has 1 saturated carbocycles. The van der Waals surface area contributed by atoms with Crippen LogP contribution in [0.2, 0.25) is 0 Å². The zero-order valence-electron chi connectivity index (χ0n) is 22.1. The van der Waals surface area contributed by atoms with E-state index in [1.165, 1.54) is 17.0 Å². The summed E-state index contributed by atoms with van der Waals surface area (Å²) < 4.78 is 40.1. The molecular weight excluding hydrogens is 493 g/mol. The van der Waals surface area contributed by atoms with Crippen LogP contribution in [0.1, 0.15) is 69.9 Å². The summed E-state index contributed by atoms with van der Waals surface area (Å²) in [5.74, 6) is -0.883. The van der Waals surface area contributed by atoms with Crippen molar-refractivity contribution in [1.29, 1.82) is 0 Å². The second-order valence-electron chi connectivity index (χ2n) is 10.1. The number of amides is 2. The zero-order valence-corrected chi connectivity index (χ0v) is 22.9. The predicted molar refractivity (Wildman–Crippen MR) is 144 cm³/mol. The Kier molecular flexibility index (Phi) is 9.70. The summed E-state index contributed by atoms with van der Waals surface area (Å²) in [5.41, 5.74) is 2.08. The van der Waals surface area contributed by atoms with E-state index in [1.807, 2.05) is 32.9 Å². The number of carbonyl (C=O) groups is 2. The van der Waals surface area contributed by atoms with Crippen molar-refractivity contribution in [2.75, 3.05) is 17.1 Å². The molecule has 0 saturated heterocycles. The lowest BCUT2D eigenvalue weighted by Gasteiger charge is -2.33. The van der Waals surface area contributed by atoms with Gasteiger partial charge in [-0.15, -0.1) is 0 Å². The second-order valence-corrected chi connectivity index (χ2v) is 12.0. The molecule has 2 amide bonds. The van der Waals surface area contributed by atoms with Gasteiger partial charge in [-0.05, 0) is 60.6 Å². The van der Waals surface area contributed by atoms with Crippen LogP contribution in [0, 0.1) is 5.82 Å². The van der Waals surface area contributed by atoms with Crippen LogP contribution < -0.4 is 9.62 Å². The molecule has 2 aromatic carbocycles. The number of sulfonamides is 1. The number of nitrogens with one attached hydrogen (secondary N) is 1. The maximum absolute atomic E-state index is 13.7. The van der Waals surface area contributed by atoms with Gasteiger partial charge in [0.25, 0.3) is 0 Å². The Bertz CT molecular complexity index is 1160. The monoisotopic (exact) mass is 531 g/mol. The highest BCUT2D eigenvalue weighted by Crippen LogP contribution is 2.24. The lowest BCUT2D eigenvalue weighted by atomic mass is 10.0. The van der Waals surface area contributed by atoms with Crippen molar-refractivity contribution < 1.29 is 22.4 Å². The highest BCUT2D eigenvalue weighted by atomic mass is 32.2. The molecule has 0 aliphatic heterocycles.